The number of ether oxygens (including phenoxy) is 2. The van der Waals surface area contributed by atoms with E-state index in [9.17, 15) is 9.59 Å². The first-order valence-electron chi connectivity index (χ1n) is 8.27. The van der Waals surface area contributed by atoms with Crippen LogP contribution < -0.4 is 15.6 Å². The highest BCUT2D eigenvalue weighted by Crippen LogP contribution is 2.31. The van der Waals surface area contributed by atoms with Crippen molar-refractivity contribution >= 4 is 11.9 Å². The van der Waals surface area contributed by atoms with Crippen molar-refractivity contribution in [3.05, 3.63) is 71.8 Å². The molecular formula is C21H27NO6. The first-order valence-corrected chi connectivity index (χ1v) is 8.27. The average Bonchev–Trinajstić information content (AvgIpc) is 2.67. The van der Waals surface area contributed by atoms with E-state index in [-0.39, 0.29) is 6.15 Å². The molecule has 0 aliphatic rings. The van der Waals surface area contributed by atoms with Crippen molar-refractivity contribution in [3.8, 4) is 11.5 Å². The van der Waals surface area contributed by atoms with Gasteiger partial charge in [0.1, 0.15) is 0 Å². The molecule has 2 aromatic carbocycles. The summed E-state index contributed by atoms with van der Waals surface area (Å²) in [6.07, 6.45) is 2.14. The molecule has 0 heterocycles. The number of carboxylic acids is 2. The Kier molecular flexibility index (Phi) is 11.4. The highest BCUT2D eigenvalue weighted by molar-refractivity contribution is 5.89. The van der Waals surface area contributed by atoms with Gasteiger partial charge in [0.15, 0.2) is 11.5 Å². The molecule has 28 heavy (non-hydrogen) atoms. The highest BCUT2D eigenvalue weighted by atomic mass is 16.5. The van der Waals surface area contributed by atoms with Gasteiger partial charge in [0.05, 0.1) is 14.2 Å². The van der Waals surface area contributed by atoms with E-state index in [4.69, 9.17) is 19.7 Å². The van der Waals surface area contributed by atoms with Gasteiger partial charge in [0.25, 0.3) is 0 Å². The maximum atomic E-state index is 9.55. The molecule has 0 fully saturated rings. The molecule has 7 heteroatoms. The lowest BCUT2D eigenvalue weighted by atomic mass is 9.93. The van der Waals surface area contributed by atoms with Gasteiger partial charge in [-0.1, -0.05) is 43.3 Å². The van der Waals surface area contributed by atoms with Crippen LogP contribution >= 0.6 is 0 Å². The van der Waals surface area contributed by atoms with Gasteiger partial charge in [-0.3, -0.25) is 0 Å². The van der Waals surface area contributed by atoms with Crippen molar-refractivity contribution in [1.29, 1.82) is 0 Å². The fourth-order valence-corrected chi connectivity index (χ4v) is 2.39. The Morgan fingerprint density at radius 2 is 1.46 bits per heavy atom. The van der Waals surface area contributed by atoms with Crippen LogP contribution in [0.4, 0.5) is 0 Å². The third-order valence-electron chi connectivity index (χ3n) is 3.73. The summed E-state index contributed by atoms with van der Waals surface area (Å²) in [5, 5.41) is 15.6. The van der Waals surface area contributed by atoms with Crippen molar-refractivity contribution in [2.75, 3.05) is 14.2 Å². The normalized spacial score (nSPS) is 10.8. The van der Waals surface area contributed by atoms with E-state index in [0.29, 0.717) is 18.1 Å². The van der Waals surface area contributed by atoms with E-state index in [2.05, 4.69) is 43.3 Å². The van der Waals surface area contributed by atoms with Gasteiger partial charge in [-0.15, -0.1) is 0 Å². The molecule has 2 aromatic rings. The zero-order valence-electron chi connectivity index (χ0n) is 16.3. The van der Waals surface area contributed by atoms with Crippen molar-refractivity contribution in [1.82, 2.24) is 6.15 Å². The van der Waals surface area contributed by atoms with Gasteiger partial charge in [-0.2, -0.15) is 0 Å². The molecule has 0 aliphatic heterocycles. The van der Waals surface area contributed by atoms with Gasteiger partial charge in [-0.25, -0.2) is 9.59 Å². The SMILES string of the molecule is COc1ccc(C(C)Cc2ccccc2)cc1OC.N.O=C(O)C=CC(=O)O. The van der Waals surface area contributed by atoms with Gasteiger partial charge in [-0.05, 0) is 35.6 Å². The number of hydrogen-bond acceptors (Lipinski definition) is 5. The smallest absolute Gasteiger partial charge is 0.328 e. The standard InChI is InChI=1S/C17H20O2.C4H4O4.H3N/c1-13(11-14-7-5-4-6-8-14)15-9-10-16(18-2)17(12-15)19-3;5-3(6)1-2-4(7)8;/h4-10,12-13H,11H2,1-3H3;1-2H,(H,5,6)(H,7,8);1H3. The summed E-state index contributed by atoms with van der Waals surface area (Å²) in [5.74, 6) is -0.500. The number of aliphatic carboxylic acids is 2. The van der Waals surface area contributed by atoms with Crippen LogP contribution in [0, 0.1) is 0 Å². The van der Waals surface area contributed by atoms with Crippen LogP contribution in [0.2, 0.25) is 0 Å². The number of carbonyl (C=O) groups is 2. The fraction of sp³-hybridized carbons (Fsp3) is 0.238. The summed E-state index contributed by atoms with van der Waals surface area (Å²) in [7, 11) is 3.33. The topological polar surface area (TPSA) is 128 Å². The van der Waals surface area contributed by atoms with Gasteiger partial charge in [0.2, 0.25) is 0 Å². The molecule has 1 atom stereocenters. The van der Waals surface area contributed by atoms with Crippen molar-refractivity contribution in [2.24, 2.45) is 0 Å². The molecule has 0 spiro atoms. The largest absolute Gasteiger partial charge is 0.493 e. The molecule has 0 bridgehead atoms. The van der Waals surface area contributed by atoms with Crippen LogP contribution in [0.15, 0.2) is 60.7 Å². The summed E-state index contributed by atoms with van der Waals surface area (Å²) >= 11 is 0. The number of carboxylic acid groups (broad SMARTS) is 2. The summed E-state index contributed by atoms with van der Waals surface area (Å²) in [5.41, 5.74) is 2.62. The first-order chi connectivity index (χ1) is 12.9. The maximum Gasteiger partial charge on any atom is 0.328 e. The van der Waals surface area contributed by atoms with Gasteiger partial charge in [0, 0.05) is 12.2 Å². The fourth-order valence-electron chi connectivity index (χ4n) is 2.39. The Morgan fingerprint density at radius 3 is 1.93 bits per heavy atom. The maximum absolute atomic E-state index is 9.55. The summed E-state index contributed by atoms with van der Waals surface area (Å²) < 4.78 is 10.6. The predicted molar refractivity (Wildman–Crippen MR) is 108 cm³/mol. The Morgan fingerprint density at radius 1 is 0.929 bits per heavy atom. The van der Waals surface area contributed by atoms with E-state index in [1.807, 2.05) is 12.1 Å². The van der Waals surface area contributed by atoms with Crippen LogP contribution in [0.25, 0.3) is 0 Å². The molecule has 0 aliphatic carbocycles. The Labute approximate surface area is 164 Å². The van der Waals surface area contributed by atoms with Crippen LogP contribution in [0.3, 0.4) is 0 Å². The predicted octanol–water partition coefficient (Wildman–Crippen LogP) is 3.92. The summed E-state index contributed by atoms with van der Waals surface area (Å²) in [6, 6.07) is 16.7. The molecule has 0 saturated carbocycles. The Balaban J connectivity index is 0.000000694. The molecule has 2 rings (SSSR count). The quantitative estimate of drug-likeness (QED) is 0.612. The van der Waals surface area contributed by atoms with Crippen LogP contribution in [0.5, 0.6) is 11.5 Å². The second-order valence-corrected chi connectivity index (χ2v) is 5.71. The Bertz CT molecular complexity index is 758. The monoisotopic (exact) mass is 389 g/mol. The molecule has 7 nitrogen and oxygen atoms in total. The van der Waals surface area contributed by atoms with E-state index < -0.39 is 11.9 Å². The summed E-state index contributed by atoms with van der Waals surface area (Å²) in [6.45, 7) is 2.23. The average molecular weight is 389 g/mol. The van der Waals surface area contributed by atoms with Gasteiger partial charge >= 0.3 is 11.9 Å². The molecular weight excluding hydrogens is 362 g/mol. The van der Waals surface area contributed by atoms with Crippen molar-refractivity contribution in [3.63, 3.8) is 0 Å². The zero-order valence-corrected chi connectivity index (χ0v) is 16.3. The number of hydrogen-bond donors (Lipinski definition) is 3. The van der Waals surface area contributed by atoms with Crippen molar-refractivity contribution < 1.29 is 29.3 Å². The van der Waals surface area contributed by atoms with E-state index in [0.717, 1.165) is 17.9 Å². The van der Waals surface area contributed by atoms with Crippen LogP contribution in [-0.4, -0.2) is 36.4 Å². The van der Waals surface area contributed by atoms with E-state index in [1.54, 1.807) is 14.2 Å². The van der Waals surface area contributed by atoms with E-state index >= 15 is 0 Å². The second kappa shape index (κ2) is 12.9. The molecule has 0 radical (unpaired) electrons. The lowest BCUT2D eigenvalue weighted by Gasteiger charge is -2.15. The third kappa shape index (κ3) is 8.86. The summed E-state index contributed by atoms with van der Waals surface area (Å²) in [4.78, 5) is 19.1. The van der Waals surface area contributed by atoms with Crippen molar-refractivity contribution in [2.45, 2.75) is 19.3 Å². The molecule has 1 unspecified atom stereocenters. The first kappa shape index (κ1) is 24.7. The lowest BCUT2D eigenvalue weighted by Crippen LogP contribution is -2.00. The number of rotatable bonds is 7. The molecule has 0 saturated heterocycles. The molecule has 0 aromatic heterocycles. The minimum atomic E-state index is -1.26. The third-order valence-corrected chi connectivity index (χ3v) is 3.73. The minimum Gasteiger partial charge on any atom is -0.493 e. The highest BCUT2D eigenvalue weighted by Gasteiger charge is 2.10. The van der Waals surface area contributed by atoms with Crippen LogP contribution in [0.1, 0.15) is 24.0 Å². The lowest BCUT2D eigenvalue weighted by molar-refractivity contribution is -0.134. The number of methoxy groups -OCH3 is 2. The Hall–Kier alpha value is -3.32. The molecule has 5 N–H and O–H groups in total. The second-order valence-electron chi connectivity index (χ2n) is 5.71. The van der Waals surface area contributed by atoms with Gasteiger partial charge < -0.3 is 25.8 Å². The zero-order chi connectivity index (χ0) is 20.2. The molecule has 0 amide bonds. The minimum absolute atomic E-state index is 0. The molecule has 152 valence electrons. The van der Waals surface area contributed by atoms with E-state index in [1.165, 1.54) is 11.1 Å². The van der Waals surface area contributed by atoms with Crippen LogP contribution in [-0.2, 0) is 16.0 Å². The number of benzene rings is 2.